The fourth-order valence-corrected chi connectivity index (χ4v) is 3.75. The van der Waals surface area contributed by atoms with Gasteiger partial charge in [0.05, 0.1) is 24.4 Å². The average Bonchev–Trinajstić information content (AvgIpc) is 2.94. The fraction of sp³-hybridized carbons (Fsp3) is 0.350. The summed E-state index contributed by atoms with van der Waals surface area (Å²) in [4.78, 5) is 27.3. The second kappa shape index (κ2) is 8.47. The van der Waals surface area contributed by atoms with Gasteiger partial charge in [0.1, 0.15) is 5.75 Å². The summed E-state index contributed by atoms with van der Waals surface area (Å²) in [5.41, 5.74) is 2.73. The molecule has 2 heterocycles. The molecular formula is C20H21NO4S. The highest BCUT2D eigenvalue weighted by atomic mass is 32.2. The molecule has 5 nitrogen and oxygen atoms in total. The number of hydrogen-bond acceptors (Lipinski definition) is 6. The molecule has 0 amide bonds. The molecule has 1 aromatic carbocycles. The summed E-state index contributed by atoms with van der Waals surface area (Å²) < 4.78 is 5.74. The van der Waals surface area contributed by atoms with Crippen LogP contribution < -0.4 is 4.74 Å². The minimum Gasteiger partial charge on any atom is -0.493 e. The van der Waals surface area contributed by atoms with Crippen LogP contribution in [0.1, 0.15) is 36.3 Å². The molecule has 1 aliphatic heterocycles. The zero-order valence-electron chi connectivity index (χ0n) is 14.6. The smallest absolute Gasteiger partial charge is 0.197 e. The molecule has 1 aromatic heterocycles. The summed E-state index contributed by atoms with van der Waals surface area (Å²) >= 11 is 1.14. The highest BCUT2D eigenvalue weighted by molar-refractivity contribution is 8.15. The van der Waals surface area contributed by atoms with E-state index >= 15 is 0 Å². The number of aliphatic hydroxyl groups is 1. The van der Waals surface area contributed by atoms with Gasteiger partial charge >= 0.3 is 0 Å². The third-order valence-corrected chi connectivity index (χ3v) is 5.37. The Hall–Kier alpha value is -2.18. The predicted molar refractivity (Wildman–Crippen MR) is 100 cm³/mol. The molecule has 1 saturated heterocycles. The predicted octanol–water partition coefficient (Wildman–Crippen LogP) is 2.90. The molecule has 0 bridgehead atoms. The Labute approximate surface area is 156 Å². The lowest BCUT2D eigenvalue weighted by atomic mass is 10.1. The first-order chi connectivity index (χ1) is 12.5. The maximum atomic E-state index is 11.7. The quantitative estimate of drug-likeness (QED) is 0.754. The van der Waals surface area contributed by atoms with Gasteiger partial charge in [-0.2, -0.15) is 0 Å². The van der Waals surface area contributed by atoms with E-state index in [-0.39, 0.29) is 22.6 Å². The monoisotopic (exact) mass is 371 g/mol. The van der Waals surface area contributed by atoms with Crippen LogP contribution in [0.15, 0.2) is 42.6 Å². The number of carbonyl (C=O) groups is 2. The molecule has 1 aliphatic rings. The average molecular weight is 371 g/mol. The molecule has 0 spiro atoms. The second-order valence-corrected chi connectivity index (χ2v) is 7.59. The van der Waals surface area contributed by atoms with Crippen molar-refractivity contribution in [2.24, 2.45) is 0 Å². The summed E-state index contributed by atoms with van der Waals surface area (Å²) in [6.07, 6.45) is 2.49. The number of nitrogens with zero attached hydrogens (tertiary/aromatic N) is 1. The van der Waals surface area contributed by atoms with E-state index < -0.39 is 6.10 Å². The second-order valence-electron chi connectivity index (χ2n) is 6.33. The van der Waals surface area contributed by atoms with Crippen LogP contribution in [-0.4, -0.2) is 32.8 Å². The lowest BCUT2D eigenvalue weighted by molar-refractivity contribution is -0.121. The Balaban J connectivity index is 1.47. The first-order valence-electron chi connectivity index (χ1n) is 8.58. The van der Waals surface area contributed by atoms with Gasteiger partial charge < -0.3 is 9.84 Å². The third-order valence-electron chi connectivity index (χ3n) is 4.25. The van der Waals surface area contributed by atoms with E-state index in [0.29, 0.717) is 19.4 Å². The molecule has 3 rings (SSSR count). The summed E-state index contributed by atoms with van der Waals surface area (Å²) in [5.74, 6) is 0.783. The number of benzene rings is 1. The summed E-state index contributed by atoms with van der Waals surface area (Å²) in [7, 11) is 0. The first kappa shape index (κ1) is 18.6. The van der Waals surface area contributed by atoms with Gasteiger partial charge in [0.25, 0.3) is 0 Å². The normalized spacial score (nSPS) is 18.2. The maximum Gasteiger partial charge on any atom is 0.197 e. The van der Waals surface area contributed by atoms with Crippen molar-refractivity contribution in [3.05, 3.63) is 59.4 Å². The van der Waals surface area contributed by atoms with E-state index in [1.165, 1.54) is 0 Å². The Morgan fingerprint density at radius 1 is 1.23 bits per heavy atom. The molecule has 136 valence electrons. The van der Waals surface area contributed by atoms with E-state index in [4.69, 9.17) is 4.74 Å². The van der Waals surface area contributed by atoms with Gasteiger partial charge in [0.2, 0.25) is 0 Å². The zero-order valence-corrected chi connectivity index (χ0v) is 15.4. The number of aromatic nitrogens is 1. The van der Waals surface area contributed by atoms with Crippen molar-refractivity contribution in [2.45, 2.75) is 37.5 Å². The van der Waals surface area contributed by atoms with Gasteiger partial charge in [0, 0.05) is 18.3 Å². The van der Waals surface area contributed by atoms with E-state index in [9.17, 15) is 14.7 Å². The molecular weight excluding hydrogens is 350 g/mol. The van der Waals surface area contributed by atoms with Gasteiger partial charge in [-0.3, -0.25) is 14.6 Å². The zero-order chi connectivity index (χ0) is 18.5. The van der Waals surface area contributed by atoms with Gasteiger partial charge in [-0.15, -0.1) is 0 Å². The van der Waals surface area contributed by atoms with Gasteiger partial charge in [-0.25, -0.2) is 0 Å². The van der Waals surface area contributed by atoms with Gasteiger partial charge in [0.15, 0.2) is 10.9 Å². The summed E-state index contributed by atoms with van der Waals surface area (Å²) in [5, 5.41) is 9.20. The standard InChI is InChI=1S/C20H21NO4S/c1-13(22)15-4-5-16(21-12-15)8-9-25-17-6-2-14(3-7-17)10-19-18(23)11-20(24)26-19/h2-7,12-13,19,22H,8-11H2,1H3/t13-,19?/m0/s1. The van der Waals surface area contributed by atoms with E-state index in [1.54, 1.807) is 13.1 Å². The molecule has 0 radical (unpaired) electrons. The molecule has 1 unspecified atom stereocenters. The number of rotatable bonds is 7. The molecule has 0 aliphatic carbocycles. The Bertz CT molecular complexity index is 771. The Morgan fingerprint density at radius 3 is 2.58 bits per heavy atom. The van der Waals surface area contributed by atoms with Crippen molar-refractivity contribution in [3.8, 4) is 5.75 Å². The number of carbonyl (C=O) groups excluding carboxylic acids is 2. The molecule has 0 saturated carbocycles. The number of Topliss-reactive ketones (excluding diaryl/α,β-unsaturated/α-hetero) is 1. The third kappa shape index (κ3) is 4.93. The molecule has 1 fully saturated rings. The Kier molecular flexibility index (Phi) is 6.06. The van der Waals surface area contributed by atoms with E-state index in [2.05, 4.69) is 4.98 Å². The number of thioether (sulfide) groups is 1. The van der Waals surface area contributed by atoms with E-state index in [1.807, 2.05) is 36.4 Å². The van der Waals surface area contributed by atoms with Crippen molar-refractivity contribution in [1.29, 1.82) is 0 Å². The Morgan fingerprint density at radius 2 is 2.00 bits per heavy atom. The lowest BCUT2D eigenvalue weighted by Gasteiger charge is -2.09. The number of aliphatic hydroxyl groups excluding tert-OH is 1. The SMILES string of the molecule is C[C@H](O)c1ccc(CCOc2ccc(CC3SC(=O)CC3=O)cc2)nc1. The topological polar surface area (TPSA) is 76.5 Å². The van der Waals surface area contributed by atoms with Crippen LogP contribution in [0.4, 0.5) is 0 Å². The molecule has 2 atom stereocenters. The summed E-state index contributed by atoms with van der Waals surface area (Å²) in [6, 6.07) is 11.4. The molecule has 2 aromatic rings. The van der Waals surface area contributed by atoms with Crippen LogP contribution in [0.3, 0.4) is 0 Å². The number of hydrogen-bond donors (Lipinski definition) is 1. The molecule has 1 N–H and O–H groups in total. The van der Waals surface area contributed by atoms with Crippen molar-refractivity contribution in [3.63, 3.8) is 0 Å². The number of ether oxygens (including phenoxy) is 1. The molecule has 26 heavy (non-hydrogen) atoms. The van der Waals surface area contributed by atoms with E-state index in [0.717, 1.165) is 34.3 Å². The van der Waals surface area contributed by atoms with Crippen molar-refractivity contribution in [1.82, 2.24) is 4.98 Å². The van der Waals surface area contributed by atoms with Crippen molar-refractivity contribution in [2.75, 3.05) is 6.61 Å². The highest BCUT2D eigenvalue weighted by Gasteiger charge is 2.31. The highest BCUT2D eigenvalue weighted by Crippen LogP contribution is 2.28. The lowest BCUT2D eigenvalue weighted by Crippen LogP contribution is -2.13. The van der Waals surface area contributed by atoms with Crippen LogP contribution in [0.25, 0.3) is 0 Å². The fourth-order valence-electron chi connectivity index (χ4n) is 2.72. The van der Waals surface area contributed by atoms with Crippen LogP contribution in [-0.2, 0) is 22.4 Å². The van der Waals surface area contributed by atoms with Crippen molar-refractivity contribution < 1.29 is 19.4 Å². The van der Waals surface area contributed by atoms with Crippen LogP contribution in [0.2, 0.25) is 0 Å². The largest absolute Gasteiger partial charge is 0.493 e. The summed E-state index contributed by atoms with van der Waals surface area (Å²) in [6.45, 7) is 2.22. The number of ketones is 1. The minimum absolute atomic E-state index is 0.0226. The van der Waals surface area contributed by atoms with Gasteiger partial charge in [-0.05, 0) is 42.7 Å². The minimum atomic E-state index is -0.512. The van der Waals surface area contributed by atoms with Crippen LogP contribution in [0.5, 0.6) is 5.75 Å². The van der Waals surface area contributed by atoms with Crippen LogP contribution >= 0.6 is 11.8 Å². The van der Waals surface area contributed by atoms with Crippen LogP contribution in [0, 0.1) is 0 Å². The number of pyridine rings is 1. The molecule has 6 heteroatoms. The van der Waals surface area contributed by atoms with Gasteiger partial charge in [-0.1, -0.05) is 30.0 Å². The van der Waals surface area contributed by atoms with Crippen molar-refractivity contribution >= 4 is 22.7 Å². The maximum absolute atomic E-state index is 11.7. The first-order valence-corrected chi connectivity index (χ1v) is 9.46.